The second-order valence-electron chi connectivity index (χ2n) is 6.00. The van der Waals surface area contributed by atoms with Gasteiger partial charge in [0.05, 0.1) is 12.4 Å². The number of aryl methyl sites for hydroxylation is 1. The molecule has 4 rings (SSSR count). The highest BCUT2D eigenvalue weighted by Crippen LogP contribution is 2.28. The molecule has 25 heavy (non-hydrogen) atoms. The highest BCUT2D eigenvalue weighted by molar-refractivity contribution is 5.67. The van der Waals surface area contributed by atoms with Crippen LogP contribution >= 0.6 is 0 Å². The monoisotopic (exact) mass is 335 g/mol. The van der Waals surface area contributed by atoms with E-state index in [1.54, 1.807) is 29.2 Å². The molecule has 1 aromatic heterocycles. The average molecular weight is 335 g/mol. The highest BCUT2D eigenvalue weighted by Gasteiger charge is 2.14. The zero-order valence-corrected chi connectivity index (χ0v) is 13.8. The Hall–Kier alpha value is -3.21. The van der Waals surface area contributed by atoms with E-state index < -0.39 is 6.98 Å². The van der Waals surface area contributed by atoms with Crippen LogP contribution in [0, 0.1) is 6.92 Å². The van der Waals surface area contributed by atoms with Gasteiger partial charge in [-0.3, -0.25) is 0 Å². The van der Waals surface area contributed by atoms with E-state index in [1.807, 2.05) is 54.3 Å². The molecule has 0 aliphatic carbocycles. The molecular formula is C20H20N4O. The number of phenolic OH excluding ortho intramolecular Hbond substituents is 1. The molecule has 1 aliphatic rings. The maximum atomic E-state index is 10.1. The molecule has 0 saturated carbocycles. The van der Waals surface area contributed by atoms with Gasteiger partial charge < -0.3 is 14.9 Å². The maximum Gasteiger partial charge on any atom is 0.141 e. The molecule has 0 radical (unpaired) electrons. The van der Waals surface area contributed by atoms with Crippen LogP contribution in [-0.4, -0.2) is 33.4 Å². The Balaban J connectivity index is 1.64. The van der Waals surface area contributed by atoms with Crippen molar-refractivity contribution < 1.29 is 9.22 Å². The molecule has 0 fully saturated rings. The first-order valence-electron chi connectivity index (χ1n) is 9.50. The van der Waals surface area contributed by atoms with Crippen molar-refractivity contribution in [3.05, 3.63) is 72.7 Å². The fourth-order valence-corrected chi connectivity index (χ4v) is 2.93. The lowest BCUT2D eigenvalue weighted by molar-refractivity contribution is 0.470. The number of rotatable bonds is 3. The molecule has 0 amide bonds. The standard InChI is InChI=1S/C20H20N4O/c1-15-12-18(21-24(15)19-8-3-4-9-20(19)25)16-6-5-7-17(13-16)23-11-10-22(2)14-23/h3-13,25H,14H2,1-2H3/i2D3. The first-order chi connectivity index (χ1) is 13.3. The number of anilines is 1. The topological polar surface area (TPSA) is 44.5 Å². The van der Waals surface area contributed by atoms with Gasteiger partial charge in [0.25, 0.3) is 0 Å². The summed E-state index contributed by atoms with van der Waals surface area (Å²) in [5, 5.41) is 14.8. The molecule has 0 unspecified atom stereocenters. The zero-order valence-electron chi connectivity index (χ0n) is 16.8. The molecule has 2 aromatic carbocycles. The molecule has 2 heterocycles. The third kappa shape index (κ3) is 2.85. The van der Waals surface area contributed by atoms with Gasteiger partial charge in [0.2, 0.25) is 0 Å². The minimum Gasteiger partial charge on any atom is -0.506 e. The highest BCUT2D eigenvalue weighted by atomic mass is 16.3. The number of para-hydroxylation sites is 2. The third-order valence-electron chi connectivity index (χ3n) is 4.20. The van der Waals surface area contributed by atoms with E-state index in [9.17, 15) is 5.11 Å². The first-order valence-corrected chi connectivity index (χ1v) is 8.00. The Bertz CT molecular complexity index is 1040. The molecule has 0 saturated heterocycles. The summed E-state index contributed by atoms with van der Waals surface area (Å²) in [6.45, 7) is 0.0476. The lowest BCUT2D eigenvalue weighted by atomic mass is 10.1. The van der Waals surface area contributed by atoms with E-state index in [0.29, 0.717) is 5.69 Å². The molecule has 0 spiro atoms. The molecule has 1 aliphatic heterocycles. The number of hydrogen-bond acceptors (Lipinski definition) is 4. The summed E-state index contributed by atoms with van der Waals surface area (Å²) in [4.78, 5) is 3.19. The van der Waals surface area contributed by atoms with Gasteiger partial charge >= 0.3 is 0 Å². The lowest BCUT2D eigenvalue weighted by Gasteiger charge is -2.18. The van der Waals surface area contributed by atoms with Crippen LogP contribution in [0.25, 0.3) is 16.9 Å². The van der Waals surface area contributed by atoms with Gasteiger partial charge in [0, 0.05) is 40.4 Å². The molecule has 3 aromatic rings. The van der Waals surface area contributed by atoms with Crippen molar-refractivity contribution in [1.29, 1.82) is 0 Å². The minimum atomic E-state index is -2.16. The van der Waals surface area contributed by atoms with Crippen molar-refractivity contribution in [3.63, 3.8) is 0 Å². The Labute approximate surface area is 151 Å². The van der Waals surface area contributed by atoms with E-state index in [1.165, 1.54) is 4.90 Å². The van der Waals surface area contributed by atoms with Gasteiger partial charge in [-0.05, 0) is 37.3 Å². The van der Waals surface area contributed by atoms with Crippen LogP contribution in [0.5, 0.6) is 5.75 Å². The summed E-state index contributed by atoms with van der Waals surface area (Å²) in [7, 11) is 0. The molecule has 126 valence electrons. The van der Waals surface area contributed by atoms with Crippen LogP contribution < -0.4 is 4.90 Å². The second kappa shape index (κ2) is 6.02. The van der Waals surface area contributed by atoms with Gasteiger partial charge in [-0.15, -0.1) is 0 Å². The van der Waals surface area contributed by atoms with Crippen molar-refractivity contribution in [2.45, 2.75) is 6.92 Å². The summed E-state index contributed by atoms with van der Waals surface area (Å²) in [5.74, 6) is 0.168. The number of aromatic hydroxyl groups is 1. The van der Waals surface area contributed by atoms with E-state index in [0.717, 1.165) is 22.6 Å². The van der Waals surface area contributed by atoms with Crippen LogP contribution in [0.15, 0.2) is 67.0 Å². The summed E-state index contributed by atoms with van der Waals surface area (Å²) in [6.07, 6.45) is 3.34. The van der Waals surface area contributed by atoms with Crippen molar-refractivity contribution in [2.24, 2.45) is 0 Å². The van der Waals surface area contributed by atoms with Gasteiger partial charge in [-0.1, -0.05) is 24.3 Å². The average Bonchev–Trinajstić information content (AvgIpc) is 3.29. The van der Waals surface area contributed by atoms with Gasteiger partial charge in [0.15, 0.2) is 0 Å². The Morgan fingerprint density at radius 3 is 2.76 bits per heavy atom. The number of phenols is 1. The predicted octanol–water partition coefficient (Wildman–Crippen LogP) is 3.73. The quantitative estimate of drug-likeness (QED) is 0.792. The van der Waals surface area contributed by atoms with Gasteiger partial charge in [-0.2, -0.15) is 5.10 Å². The van der Waals surface area contributed by atoms with Crippen LogP contribution in [0.3, 0.4) is 0 Å². The number of nitrogens with zero attached hydrogens (tertiary/aromatic N) is 4. The summed E-state index contributed by atoms with van der Waals surface area (Å²) < 4.78 is 24.3. The van der Waals surface area contributed by atoms with Crippen LogP contribution in [0.2, 0.25) is 0 Å². The molecular weight excluding hydrogens is 312 g/mol. The van der Waals surface area contributed by atoms with Gasteiger partial charge in [0.1, 0.15) is 11.4 Å². The van der Waals surface area contributed by atoms with Crippen molar-refractivity contribution in [2.75, 3.05) is 18.5 Å². The van der Waals surface area contributed by atoms with E-state index in [-0.39, 0.29) is 12.4 Å². The molecule has 5 heteroatoms. The molecule has 5 nitrogen and oxygen atoms in total. The predicted molar refractivity (Wildman–Crippen MR) is 99.7 cm³/mol. The molecule has 0 atom stereocenters. The largest absolute Gasteiger partial charge is 0.506 e. The SMILES string of the molecule is [2H]C([2H])([2H])N1C=CN(c2cccc(-c3cc(C)n(-c4ccccc4O)n3)c2)C1. The lowest BCUT2D eigenvalue weighted by Crippen LogP contribution is -2.21. The van der Waals surface area contributed by atoms with Gasteiger partial charge in [-0.25, -0.2) is 4.68 Å². The first kappa shape index (κ1) is 12.2. The minimum absolute atomic E-state index is 0.168. The number of aromatic nitrogens is 2. The summed E-state index contributed by atoms with van der Waals surface area (Å²) in [6, 6.07) is 16.8. The summed E-state index contributed by atoms with van der Waals surface area (Å²) in [5.41, 5.74) is 4.10. The normalized spacial score (nSPS) is 16.0. The van der Waals surface area contributed by atoms with Crippen LogP contribution in [-0.2, 0) is 0 Å². The summed E-state index contributed by atoms with van der Waals surface area (Å²) >= 11 is 0. The number of benzene rings is 2. The Morgan fingerprint density at radius 2 is 1.96 bits per heavy atom. The van der Waals surface area contributed by atoms with Crippen molar-refractivity contribution in [3.8, 4) is 22.7 Å². The smallest absolute Gasteiger partial charge is 0.141 e. The fourth-order valence-electron chi connectivity index (χ4n) is 2.93. The molecule has 0 bridgehead atoms. The Morgan fingerprint density at radius 1 is 1.08 bits per heavy atom. The zero-order chi connectivity index (χ0) is 19.9. The third-order valence-corrected chi connectivity index (χ3v) is 4.20. The molecule has 1 N–H and O–H groups in total. The fraction of sp³-hybridized carbons (Fsp3) is 0.150. The Kier molecular flexibility index (Phi) is 2.93. The van der Waals surface area contributed by atoms with E-state index in [2.05, 4.69) is 5.10 Å². The van der Waals surface area contributed by atoms with E-state index in [4.69, 9.17) is 4.11 Å². The number of hydrogen-bond donors (Lipinski definition) is 1. The van der Waals surface area contributed by atoms with E-state index >= 15 is 0 Å². The second-order valence-corrected chi connectivity index (χ2v) is 6.00. The maximum absolute atomic E-state index is 10.1. The van der Waals surface area contributed by atoms with Crippen molar-refractivity contribution in [1.82, 2.24) is 14.7 Å². The van der Waals surface area contributed by atoms with Crippen molar-refractivity contribution >= 4 is 5.69 Å². The van der Waals surface area contributed by atoms with Crippen LogP contribution in [0.1, 0.15) is 9.81 Å². The van der Waals surface area contributed by atoms with Crippen LogP contribution in [0.4, 0.5) is 5.69 Å².